The summed E-state index contributed by atoms with van der Waals surface area (Å²) in [5.41, 5.74) is 3.50. The predicted octanol–water partition coefficient (Wildman–Crippen LogP) is 4.83. The van der Waals surface area contributed by atoms with Crippen LogP contribution in [0, 0.1) is 19.8 Å². The average Bonchev–Trinajstić information content (AvgIpc) is 2.79. The normalized spacial score (nSPS) is 18.3. The minimum atomic E-state index is -0.500. The highest BCUT2D eigenvalue weighted by Crippen LogP contribution is 2.43. The van der Waals surface area contributed by atoms with Crippen molar-refractivity contribution in [2.75, 3.05) is 17.3 Å². The third-order valence-corrected chi connectivity index (χ3v) is 5.84. The molecule has 3 aromatic rings. The van der Waals surface area contributed by atoms with Crippen molar-refractivity contribution < 1.29 is 14.3 Å². The van der Waals surface area contributed by atoms with Gasteiger partial charge >= 0.3 is 0 Å². The van der Waals surface area contributed by atoms with Crippen LogP contribution in [0.5, 0.6) is 5.75 Å². The molecule has 0 unspecified atom stereocenters. The molecule has 1 aromatic heterocycles. The first-order chi connectivity index (χ1) is 15.5. The fraction of sp³-hybridized carbons (Fsp3) is 0.269. The lowest BCUT2D eigenvalue weighted by atomic mass is 9.82. The number of anilines is 2. The van der Waals surface area contributed by atoms with Crippen LogP contribution in [0.3, 0.4) is 0 Å². The van der Waals surface area contributed by atoms with Gasteiger partial charge in [0.2, 0.25) is 11.8 Å². The first-order valence-corrected chi connectivity index (χ1v) is 10.7. The minimum absolute atomic E-state index is 0.0116. The van der Waals surface area contributed by atoms with Crippen molar-refractivity contribution in [3.63, 3.8) is 0 Å². The molecule has 1 aliphatic heterocycles. The zero-order valence-electron chi connectivity index (χ0n) is 18.5. The van der Waals surface area contributed by atoms with Crippen LogP contribution in [0.25, 0.3) is 0 Å². The summed E-state index contributed by atoms with van der Waals surface area (Å²) in [5, 5.41) is 2.96. The zero-order chi connectivity index (χ0) is 22.7. The van der Waals surface area contributed by atoms with E-state index in [9.17, 15) is 9.59 Å². The third-order valence-electron chi connectivity index (χ3n) is 5.84. The second-order valence-corrected chi connectivity index (χ2v) is 8.08. The van der Waals surface area contributed by atoms with E-state index in [-0.39, 0.29) is 11.8 Å². The molecule has 2 atom stereocenters. The lowest BCUT2D eigenvalue weighted by Crippen LogP contribution is -2.47. The Morgan fingerprint density at radius 1 is 1.03 bits per heavy atom. The van der Waals surface area contributed by atoms with Gasteiger partial charge in [-0.25, -0.2) is 4.98 Å². The molecule has 2 aromatic carbocycles. The van der Waals surface area contributed by atoms with Gasteiger partial charge in [0.1, 0.15) is 11.6 Å². The van der Waals surface area contributed by atoms with E-state index in [4.69, 9.17) is 4.74 Å². The van der Waals surface area contributed by atoms with Crippen molar-refractivity contribution in [3.8, 4) is 5.75 Å². The summed E-state index contributed by atoms with van der Waals surface area (Å²) >= 11 is 0. The first kappa shape index (κ1) is 21.6. The van der Waals surface area contributed by atoms with E-state index < -0.39 is 12.0 Å². The number of aromatic nitrogens is 1. The summed E-state index contributed by atoms with van der Waals surface area (Å²) in [4.78, 5) is 32.8. The number of piperidine rings is 1. The van der Waals surface area contributed by atoms with E-state index in [2.05, 4.69) is 10.3 Å². The van der Waals surface area contributed by atoms with Gasteiger partial charge in [-0.15, -0.1) is 0 Å². The number of amides is 2. The van der Waals surface area contributed by atoms with E-state index in [1.54, 1.807) is 18.1 Å². The van der Waals surface area contributed by atoms with E-state index in [1.165, 1.54) is 0 Å². The van der Waals surface area contributed by atoms with Gasteiger partial charge < -0.3 is 15.0 Å². The number of benzene rings is 2. The lowest BCUT2D eigenvalue weighted by molar-refractivity contribution is -0.126. The van der Waals surface area contributed by atoms with Crippen LogP contribution in [0.1, 0.15) is 35.7 Å². The number of ether oxygens (including phenoxy) is 1. The highest BCUT2D eigenvalue weighted by Gasteiger charge is 2.42. The summed E-state index contributed by atoms with van der Waals surface area (Å²) < 4.78 is 5.62. The van der Waals surface area contributed by atoms with E-state index in [0.717, 1.165) is 22.5 Å². The Hall–Kier alpha value is -3.67. The molecule has 1 saturated heterocycles. The minimum Gasteiger partial charge on any atom is -0.496 e. The second-order valence-electron chi connectivity index (χ2n) is 8.08. The molecule has 2 heterocycles. The number of hydrogen-bond acceptors (Lipinski definition) is 4. The molecule has 4 rings (SSSR count). The molecule has 6 nitrogen and oxygen atoms in total. The molecule has 0 spiro atoms. The van der Waals surface area contributed by atoms with E-state index in [1.807, 2.05) is 74.5 Å². The largest absolute Gasteiger partial charge is 0.496 e. The highest BCUT2D eigenvalue weighted by atomic mass is 16.5. The fourth-order valence-corrected chi connectivity index (χ4v) is 4.27. The van der Waals surface area contributed by atoms with Gasteiger partial charge in [0.05, 0.1) is 19.1 Å². The van der Waals surface area contributed by atoms with Crippen molar-refractivity contribution >= 4 is 23.3 Å². The Kier molecular flexibility index (Phi) is 6.21. The molecule has 0 aliphatic carbocycles. The van der Waals surface area contributed by atoms with Crippen LogP contribution in [0.4, 0.5) is 11.5 Å². The zero-order valence-corrected chi connectivity index (χ0v) is 18.5. The Bertz CT molecular complexity index is 1130. The van der Waals surface area contributed by atoms with Crippen LogP contribution in [-0.4, -0.2) is 23.9 Å². The lowest BCUT2D eigenvalue weighted by Gasteiger charge is -2.41. The summed E-state index contributed by atoms with van der Waals surface area (Å²) in [5.74, 6) is 0.516. The van der Waals surface area contributed by atoms with Crippen LogP contribution in [0.15, 0.2) is 66.7 Å². The third kappa shape index (κ3) is 4.35. The van der Waals surface area contributed by atoms with Crippen molar-refractivity contribution in [1.82, 2.24) is 4.98 Å². The standard InChI is InChI=1S/C26H27N3O3/c1-17-11-13-19(14-12-17)29-24(30)16-15-21(25(29)20-8-4-5-9-22(20)32-3)26(31)28-23-10-6-7-18(2)27-23/h4-14,21,25H,15-16H2,1-3H3,(H,27,28,31)/t21-,25+/m1/s1. The topological polar surface area (TPSA) is 71.5 Å². The summed E-state index contributed by atoms with van der Waals surface area (Å²) in [6.45, 7) is 3.89. The fourth-order valence-electron chi connectivity index (χ4n) is 4.27. The Labute approximate surface area is 188 Å². The first-order valence-electron chi connectivity index (χ1n) is 10.7. The molecule has 0 radical (unpaired) electrons. The van der Waals surface area contributed by atoms with Gasteiger partial charge in [-0.05, 0) is 50.6 Å². The van der Waals surface area contributed by atoms with Crippen molar-refractivity contribution in [2.45, 2.75) is 32.7 Å². The number of aryl methyl sites for hydroxylation is 2. The number of carbonyl (C=O) groups is 2. The molecule has 0 saturated carbocycles. The van der Waals surface area contributed by atoms with Gasteiger partial charge in [-0.3, -0.25) is 9.59 Å². The molecular formula is C26H27N3O3. The maximum atomic E-state index is 13.5. The summed E-state index contributed by atoms with van der Waals surface area (Å²) in [6, 6.07) is 20.4. The van der Waals surface area contributed by atoms with E-state index >= 15 is 0 Å². The number of para-hydroxylation sites is 1. The smallest absolute Gasteiger partial charge is 0.231 e. The van der Waals surface area contributed by atoms with Gasteiger partial charge in [-0.2, -0.15) is 0 Å². The number of hydrogen-bond donors (Lipinski definition) is 1. The molecule has 164 valence electrons. The Balaban J connectivity index is 1.78. The molecule has 0 bridgehead atoms. The molecule has 2 amide bonds. The second kappa shape index (κ2) is 9.22. The molecule has 1 fully saturated rings. The van der Waals surface area contributed by atoms with E-state index in [0.29, 0.717) is 24.4 Å². The Morgan fingerprint density at radius 2 is 1.78 bits per heavy atom. The maximum Gasteiger partial charge on any atom is 0.231 e. The number of nitrogens with zero attached hydrogens (tertiary/aromatic N) is 2. The van der Waals surface area contributed by atoms with Crippen molar-refractivity contribution in [1.29, 1.82) is 0 Å². The number of methoxy groups -OCH3 is 1. The van der Waals surface area contributed by atoms with Gasteiger partial charge in [0.15, 0.2) is 0 Å². The number of pyridine rings is 1. The summed E-state index contributed by atoms with van der Waals surface area (Å²) in [7, 11) is 1.60. The summed E-state index contributed by atoms with van der Waals surface area (Å²) in [6.07, 6.45) is 0.737. The van der Waals surface area contributed by atoms with Crippen LogP contribution in [0.2, 0.25) is 0 Å². The van der Waals surface area contributed by atoms with Gasteiger partial charge in [0, 0.05) is 23.4 Å². The van der Waals surface area contributed by atoms with Gasteiger partial charge in [-0.1, -0.05) is 42.0 Å². The number of nitrogens with one attached hydrogen (secondary N) is 1. The highest BCUT2D eigenvalue weighted by molar-refractivity contribution is 6.00. The molecule has 1 N–H and O–H groups in total. The monoisotopic (exact) mass is 429 g/mol. The number of rotatable bonds is 5. The van der Waals surface area contributed by atoms with Crippen LogP contribution in [-0.2, 0) is 9.59 Å². The molecule has 1 aliphatic rings. The maximum absolute atomic E-state index is 13.5. The molecular weight excluding hydrogens is 402 g/mol. The van der Waals surface area contributed by atoms with Crippen LogP contribution < -0.4 is 15.0 Å². The predicted molar refractivity (Wildman–Crippen MR) is 125 cm³/mol. The quantitative estimate of drug-likeness (QED) is 0.631. The van der Waals surface area contributed by atoms with Gasteiger partial charge in [0.25, 0.3) is 0 Å². The van der Waals surface area contributed by atoms with Crippen molar-refractivity contribution in [3.05, 3.63) is 83.6 Å². The average molecular weight is 430 g/mol. The Morgan fingerprint density at radius 3 is 2.50 bits per heavy atom. The number of carbonyl (C=O) groups excluding carboxylic acids is 2. The SMILES string of the molecule is COc1ccccc1[C@H]1[C@H](C(=O)Nc2cccc(C)n2)CCC(=O)N1c1ccc(C)cc1. The molecule has 6 heteroatoms. The van der Waals surface area contributed by atoms with Crippen molar-refractivity contribution in [2.24, 2.45) is 5.92 Å². The molecule has 32 heavy (non-hydrogen) atoms. The van der Waals surface area contributed by atoms with Crippen LogP contribution >= 0.6 is 0 Å².